The minimum atomic E-state index is -4.62. The number of halogens is 3. The fourth-order valence-electron chi connectivity index (χ4n) is 2.25. The molecule has 1 fully saturated rings. The minimum absolute atomic E-state index is 0.159. The first-order chi connectivity index (χ1) is 8.36. The molecule has 0 aromatic carbocycles. The fourth-order valence-corrected chi connectivity index (χ4v) is 2.25. The van der Waals surface area contributed by atoms with Gasteiger partial charge in [-0.1, -0.05) is 12.8 Å². The molecule has 18 heavy (non-hydrogen) atoms. The Morgan fingerprint density at radius 1 is 1.39 bits per heavy atom. The highest BCUT2D eigenvalue weighted by molar-refractivity contribution is 5.79. The second-order valence-corrected chi connectivity index (χ2v) is 4.58. The van der Waals surface area contributed by atoms with E-state index >= 15 is 0 Å². The Morgan fingerprint density at radius 2 is 2.00 bits per heavy atom. The Bertz CT molecular complexity index is 284. The SMILES string of the molecule is CNC(=O)C1CCCCC1NCC(O)C(F)(F)F. The quantitative estimate of drug-likeness (QED) is 0.707. The number of amides is 1. The highest BCUT2D eigenvalue weighted by Gasteiger charge is 2.39. The molecule has 0 bridgehead atoms. The first kappa shape index (κ1) is 15.2. The van der Waals surface area contributed by atoms with Crippen molar-refractivity contribution in [2.45, 2.75) is 44.0 Å². The molecule has 1 aliphatic carbocycles. The number of aliphatic hydroxyl groups is 1. The maximum absolute atomic E-state index is 12.2. The third-order valence-corrected chi connectivity index (χ3v) is 3.30. The van der Waals surface area contributed by atoms with Crippen molar-refractivity contribution in [3.05, 3.63) is 0 Å². The van der Waals surface area contributed by atoms with Crippen molar-refractivity contribution in [1.82, 2.24) is 10.6 Å². The number of alkyl halides is 3. The van der Waals surface area contributed by atoms with E-state index in [-0.39, 0.29) is 17.9 Å². The number of aliphatic hydroxyl groups excluding tert-OH is 1. The van der Waals surface area contributed by atoms with Crippen LogP contribution in [0.5, 0.6) is 0 Å². The van der Waals surface area contributed by atoms with Crippen LogP contribution in [-0.2, 0) is 4.79 Å². The van der Waals surface area contributed by atoms with Gasteiger partial charge in [0.2, 0.25) is 5.91 Å². The summed E-state index contributed by atoms with van der Waals surface area (Å²) in [5.74, 6) is -0.474. The van der Waals surface area contributed by atoms with E-state index in [2.05, 4.69) is 10.6 Å². The molecule has 0 spiro atoms. The topological polar surface area (TPSA) is 61.4 Å². The third-order valence-electron chi connectivity index (χ3n) is 3.30. The number of rotatable bonds is 4. The molecule has 0 aromatic heterocycles. The van der Waals surface area contributed by atoms with Gasteiger partial charge in [-0.15, -0.1) is 0 Å². The maximum Gasteiger partial charge on any atom is 0.415 e. The van der Waals surface area contributed by atoms with Crippen molar-refractivity contribution < 1.29 is 23.1 Å². The molecule has 1 aliphatic rings. The van der Waals surface area contributed by atoms with Gasteiger partial charge in [0.05, 0.1) is 5.92 Å². The summed E-state index contributed by atoms with van der Waals surface area (Å²) in [6.07, 6.45) is -3.90. The van der Waals surface area contributed by atoms with Gasteiger partial charge in [0.1, 0.15) is 0 Å². The van der Waals surface area contributed by atoms with E-state index in [1.807, 2.05) is 0 Å². The second kappa shape index (κ2) is 6.38. The lowest BCUT2D eigenvalue weighted by atomic mass is 9.84. The highest BCUT2D eigenvalue weighted by atomic mass is 19.4. The van der Waals surface area contributed by atoms with Gasteiger partial charge in [0.25, 0.3) is 0 Å². The molecule has 3 N–H and O–H groups in total. The van der Waals surface area contributed by atoms with Gasteiger partial charge in [-0.05, 0) is 12.8 Å². The van der Waals surface area contributed by atoms with Crippen LogP contribution in [0.4, 0.5) is 13.2 Å². The van der Waals surface area contributed by atoms with Crippen LogP contribution in [0.1, 0.15) is 25.7 Å². The molecule has 1 saturated carbocycles. The standard InChI is InChI=1S/C11H19F3N2O2/c1-15-10(18)7-4-2-3-5-8(7)16-6-9(17)11(12,13)14/h7-9,16-17H,2-6H2,1H3,(H,15,18). The van der Waals surface area contributed by atoms with Crippen LogP contribution in [-0.4, -0.2) is 42.9 Å². The number of nitrogens with one attached hydrogen (secondary N) is 2. The second-order valence-electron chi connectivity index (χ2n) is 4.58. The van der Waals surface area contributed by atoms with E-state index < -0.39 is 18.8 Å². The average Bonchev–Trinajstić information content (AvgIpc) is 2.34. The van der Waals surface area contributed by atoms with Crippen LogP contribution < -0.4 is 10.6 Å². The molecule has 1 rings (SSSR count). The first-order valence-electron chi connectivity index (χ1n) is 6.06. The number of carbonyl (C=O) groups excluding carboxylic acids is 1. The van der Waals surface area contributed by atoms with Crippen LogP contribution in [0.3, 0.4) is 0 Å². The van der Waals surface area contributed by atoms with Gasteiger partial charge in [0.15, 0.2) is 6.10 Å². The normalized spacial score (nSPS) is 26.7. The molecule has 3 unspecified atom stereocenters. The van der Waals surface area contributed by atoms with Crippen molar-refractivity contribution in [3.8, 4) is 0 Å². The maximum atomic E-state index is 12.2. The molecular formula is C11H19F3N2O2. The summed E-state index contributed by atoms with van der Waals surface area (Å²) in [5.41, 5.74) is 0. The molecule has 0 radical (unpaired) electrons. The molecule has 0 heterocycles. The fraction of sp³-hybridized carbons (Fsp3) is 0.909. The van der Waals surface area contributed by atoms with Crippen LogP contribution in [0.2, 0.25) is 0 Å². The van der Waals surface area contributed by atoms with Crippen molar-refractivity contribution in [1.29, 1.82) is 0 Å². The Balaban J connectivity index is 2.50. The van der Waals surface area contributed by atoms with Crippen LogP contribution in [0.25, 0.3) is 0 Å². The van der Waals surface area contributed by atoms with Gasteiger partial charge in [0, 0.05) is 19.6 Å². The zero-order valence-corrected chi connectivity index (χ0v) is 10.3. The number of hydrogen-bond donors (Lipinski definition) is 3. The molecule has 7 heteroatoms. The Labute approximate surface area is 104 Å². The molecule has 106 valence electrons. The van der Waals surface area contributed by atoms with E-state index in [0.717, 1.165) is 12.8 Å². The monoisotopic (exact) mass is 268 g/mol. The lowest BCUT2D eigenvalue weighted by molar-refractivity contribution is -0.202. The van der Waals surface area contributed by atoms with Crippen molar-refractivity contribution in [3.63, 3.8) is 0 Å². The van der Waals surface area contributed by atoms with Crippen LogP contribution in [0.15, 0.2) is 0 Å². The zero-order chi connectivity index (χ0) is 13.8. The Hall–Kier alpha value is -0.820. The zero-order valence-electron chi connectivity index (χ0n) is 10.3. The summed E-state index contributed by atoms with van der Waals surface area (Å²) in [6, 6.07) is -0.296. The van der Waals surface area contributed by atoms with Gasteiger partial charge >= 0.3 is 6.18 Å². The summed E-state index contributed by atoms with van der Waals surface area (Å²) in [6.45, 7) is -0.568. The van der Waals surface area contributed by atoms with E-state index in [4.69, 9.17) is 5.11 Å². The molecule has 3 atom stereocenters. The van der Waals surface area contributed by atoms with Crippen molar-refractivity contribution in [2.75, 3.05) is 13.6 Å². The smallest absolute Gasteiger partial charge is 0.382 e. The van der Waals surface area contributed by atoms with Gasteiger partial charge in [-0.3, -0.25) is 4.79 Å². The summed E-state index contributed by atoms with van der Waals surface area (Å²) in [4.78, 5) is 11.6. The van der Waals surface area contributed by atoms with Crippen molar-refractivity contribution in [2.24, 2.45) is 5.92 Å². The van der Waals surface area contributed by atoms with Gasteiger partial charge < -0.3 is 15.7 Å². The lowest BCUT2D eigenvalue weighted by Crippen LogP contribution is -2.49. The summed E-state index contributed by atoms with van der Waals surface area (Å²) < 4.78 is 36.5. The van der Waals surface area contributed by atoms with E-state index in [9.17, 15) is 18.0 Å². The molecule has 0 aliphatic heterocycles. The summed E-state index contributed by atoms with van der Waals surface area (Å²) >= 11 is 0. The molecule has 0 saturated heterocycles. The first-order valence-corrected chi connectivity index (χ1v) is 6.06. The predicted octanol–water partition coefficient (Wildman–Crippen LogP) is 0.804. The van der Waals surface area contributed by atoms with E-state index in [1.54, 1.807) is 0 Å². The Morgan fingerprint density at radius 3 is 2.56 bits per heavy atom. The highest BCUT2D eigenvalue weighted by Crippen LogP contribution is 2.25. The lowest BCUT2D eigenvalue weighted by Gasteiger charge is -2.31. The largest absolute Gasteiger partial charge is 0.415 e. The molecule has 1 amide bonds. The van der Waals surface area contributed by atoms with E-state index in [0.29, 0.717) is 12.8 Å². The Kier molecular flexibility index (Phi) is 5.40. The predicted molar refractivity (Wildman–Crippen MR) is 59.9 cm³/mol. The molecular weight excluding hydrogens is 249 g/mol. The number of hydrogen-bond acceptors (Lipinski definition) is 3. The van der Waals surface area contributed by atoms with E-state index in [1.165, 1.54) is 7.05 Å². The minimum Gasteiger partial charge on any atom is -0.382 e. The third kappa shape index (κ3) is 4.13. The van der Waals surface area contributed by atoms with Crippen molar-refractivity contribution >= 4 is 5.91 Å². The van der Waals surface area contributed by atoms with Crippen LogP contribution >= 0.6 is 0 Å². The van der Waals surface area contributed by atoms with Gasteiger partial charge in [-0.2, -0.15) is 13.2 Å². The molecule has 0 aromatic rings. The summed E-state index contributed by atoms with van der Waals surface area (Å²) in [5, 5.41) is 14.1. The molecule has 4 nitrogen and oxygen atoms in total. The summed E-state index contributed by atoms with van der Waals surface area (Å²) in [7, 11) is 1.51. The average molecular weight is 268 g/mol. The number of carbonyl (C=O) groups is 1. The van der Waals surface area contributed by atoms with Crippen LogP contribution in [0, 0.1) is 5.92 Å². The van der Waals surface area contributed by atoms with Gasteiger partial charge in [-0.25, -0.2) is 0 Å².